The fourth-order valence-electron chi connectivity index (χ4n) is 3.60. The molecule has 0 atom stereocenters. The van der Waals surface area contributed by atoms with Crippen LogP contribution in [0.15, 0.2) is 78.9 Å². The molecule has 4 N–H and O–H groups in total. The maximum atomic E-state index is 12.3. The Hall–Kier alpha value is -4.98. The van der Waals surface area contributed by atoms with E-state index in [1.165, 1.54) is 32.4 Å². The molecular formula is C29H26O8. The molecule has 0 unspecified atom stereocenters. The van der Waals surface area contributed by atoms with Crippen molar-refractivity contribution in [2.75, 3.05) is 14.2 Å². The number of carbonyl (C=O) groups is 2. The van der Waals surface area contributed by atoms with Crippen LogP contribution in [-0.2, 0) is 0 Å². The van der Waals surface area contributed by atoms with Gasteiger partial charge in [0.25, 0.3) is 0 Å². The smallest absolute Gasteiger partial charge is 0.196 e. The summed E-state index contributed by atoms with van der Waals surface area (Å²) in [5.41, 5.74) is 1.32. The third-order valence-electron chi connectivity index (χ3n) is 5.53. The van der Waals surface area contributed by atoms with E-state index < -0.39 is 0 Å². The Labute approximate surface area is 213 Å². The van der Waals surface area contributed by atoms with Crippen LogP contribution in [0.2, 0.25) is 0 Å². The van der Waals surface area contributed by atoms with E-state index in [9.17, 15) is 30.0 Å². The molecule has 0 aliphatic heterocycles. The number of aromatic hydroxyl groups is 4. The zero-order chi connectivity index (χ0) is 27.1. The minimum absolute atomic E-state index is 0.0412. The Kier molecular flexibility index (Phi) is 8.37. The van der Waals surface area contributed by atoms with Crippen LogP contribution in [0.25, 0.3) is 0 Å². The van der Waals surface area contributed by atoms with E-state index in [0.717, 1.165) is 0 Å². The van der Waals surface area contributed by atoms with E-state index in [-0.39, 0.29) is 57.2 Å². The van der Waals surface area contributed by atoms with Crippen molar-refractivity contribution >= 4 is 11.6 Å². The normalized spacial score (nSPS) is 10.1. The Morgan fingerprint density at radius 1 is 0.622 bits per heavy atom. The van der Waals surface area contributed by atoms with Gasteiger partial charge >= 0.3 is 0 Å². The molecule has 0 amide bonds. The third kappa shape index (κ3) is 5.82. The number of hydrogen-bond donors (Lipinski definition) is 4. The molecule has 0 fully saturated rings. The van der Waals surface area contributed by atoms with E-state index in [2.05, 4.69) is 0 Å². The molecule has 0 spiro atoms. The molecule has 0 bridgehead atoms. The quantitative estimate of drug-likeness (QED) is 0.214. The predicted molar refractivity (Wildman–Crippen MR) is 137 cm³/mol. The Morgan fingerprint density at radius 2 is 1.11 bits per heavy atom. The first kappa shape index (κ1) is 26.6. The molecule has 8 heteroatoms. The summed E-state index contributed by atoms with van der Waals surface area (Å²) in [6.07, 6.45) is 0. The maximum Gasteiger partial charge on any atom is 0.196 e. The minimum Gasteiger partial charge on any atom is -0.507 e. The van der Waals surface area contributed by atoms with Crippen molar-refractivity contribution in [1.82, 2.24) is 0 Å². The molecule has 0 heterocycles. The fraction of sp³-hybridized carbons (Fsp3) is 0.103. The maximum absolute atomic E-state index is 12.3. The molecule has 0 radical (unpaired) electrons. The van der Waals surface area contributed by atoms with Crippen molar-refractivity contribution in [2.24, 2.45) is 0 Å². The van der Waals surface area contributed by atoms with Gasteiger partial charge in [-0.1, -0.05) is 60.7 Å². The topological polar surface area (TPSA) is 134 Å². The molecule has 0 aliphatic rings. The van der Waals surface area contributed by atoms with Crippen LogP contribution in [0.5, 0.6) is 34.5 Å². The second-order valence-corrected chi connectivity index (χ2v) is 7.88. The van der Waals surface area contributed by atoms with E-state index in [1.807, 2.05) is 0 Å². The van der Waals surface area contributed by atoms with Crippen LogP contribution in [0, 0.1) is 6.92 Å². The van der Waals surface area contributed by atoms with Gasteiger partial charge in [-0.3, -0.25) is 9.59 Å². The summed E-state index contributed by atoms with van der Waals surface area (Å²) in [5.74, 6) is -1.17. The molecule has 0 saturated heterocycles. The average molecular weight is 503 g/mol. The Bertz CT molecular complexity index is 1410. The van der Waals surface area contributed by atoms with Crippen molar-refractivity contribution in [3.05, 3.63) is 107 Å². The number of phenols is 4. The molecule has 0 aliphatic carbocycles. The summed E-state index contributed by atoms with van der Waals surface area (Å²) in [5, 5.41) is 39.2. The van der Waals surface area contributed by atoms with Crippen LogP contribution in [0.3, 0.4) is 0 Å². The van der Waals surface area contributed by atoms with E-state index >= 15 is 0 Å². The summed E-state index contributed by atoms with van der Waals surface area (Å²) in [6.45, 7) is 1.58. The zero-order valence-corrected chi connectivity index (χ0v) is 20.4. The van der Waals surface area contributed by atoms with Gasteiger partial charge in [0, 0.05) is 22.8 Å². The van der Waals surface area contributed by atoms with Crippen molar-refractivity contribution in [1.29, 1.82) is 0 Å². The summed E-state index contributed by atoms with van der Waals surface area (Å²) < 4.78 is 9.82. The van der Waals surface area contributed by atoms with Gasteiger partial charge in [-0.05, 0) is 19.1 Å². The van der Waals surface area contributed by atoms with E-state index in [4.69, 9.17) is 9.47 Å². The van der Waals surface area contributed by atoms with Crippen molar-refractivity contribution < 1.29 is 39.5 Å². The number of carbonyl (C=O) groups excluding carboxylic acids is 2. The largest absolute Gasteiger partial charge is 0.507 e. The lowest BCUT2D eigenvalue weighted by Gasteiger charge is -2.12. The third-order valence-corrected chi connectivity index (χ3v) is 5.53. The minimum atomic E-state index is -0.356. The average Bonchev–Trinajstić information content (AvgIpc) is 2.92. The van der Waals surface area contributed by atoms with Gasteiger partial charge in [-0.2, -0.15) is 0 Å². The van der Waals surface area contributed by atoms with Gasteiger partial charge in [-0.25, -0.2) is 0 Å². The molecule has 190 valence electrons. The summed E-state index contributed by atoms with van der Waals surface area (Å²) in [7, 11) is 2.76. The highest BCUT2D eigenvalue weighted by Crippen LogP contribution is 2.39. The van der Waals surface area contributed by atoms with Gasteiger partial charge in [0.1, 0.15) is 11.5 Å². The summed E-state index contributed by atoms with van der Waals surface area (Å²) >= 11 is 0. The lowest BCUT2D eigenvalue weighted by molar-refractivity contribution is 0.102. The lowest BCUT2D eigenvalue weighted by Crippen LogP contribution is -2.03. The van der Waals surface area contributed by atoms with Crippen LogP contribution in [-0.4, -0.2) is 46.2 Å². The van der Waals surface area contributed by atoms with Crippen molar-refractivity contribution in [3.8, 4) is 34.5 Å². The fourth-order valence-corrected chi connectivity index (χ4v) is 3.60. The summed E-state index contributed by atoms with van der Waals surface area (Å²) in [6, 6.07) is 20.7. The van der Waals surface area contributed by atoms with Gasteiger partial charge in [0.05, 0.1) is 25.3 Å². The molecular weight excluding hydrogens is 476 g/mol. The van der Waals surface area contributed by atoms with Crippen molar-refractivity contribution in [2.45, 2.75) is 6.92 Å². The number of phenolic OH excluding ortho intramolecular Hbond substituents is 4. The molecule has 4 aromatic rings. The van der Waals surface area contributed by atoms with Crippen LogP contribution >= 0.6 is 0 Å². The number of ether oxygens (including phenoxy) is 2. The van der Waals surface area contributed by atoms with Crippen LogP contribution < -0.4 is 9.47 Å². The Morgan fingerprint density at radius 3 is 1.59 bits per heavy atom. The predicted octanol–water partition coefficient (Wildman–Crippen LogP) is 4.98. The molecule has 0 saturated carbocycles. The highest BCUT2D eigenvalue weighted by molar-refractivity contribution is 6.11. The summed E-state index contributed by atoms with van der Waals surface area (Å²) in [4.78, 5) is 24.4. The second-order valence-electron chi connectivity index (χ2n) is 7.88. The number of ketones is 2. The van der Waals surface area contributed by atoms with E-state index in [1.54, 1.807) is 67.6 Å². The van der Waals surface area contributed by atoms with Gasteiger partial charge in [-0.15, -0.1) is 0 Å². The number of benzene rings is 4. The molecule has 0 aromatic heterocycles. The highest BCUT2D eigenvalue weighted by Gasteiger charge is 2.21. The monoisotopic (exact) mass is 502 g/mol. The first-order chi connectivity index (χ1) is 17.7. The lowest BCUT2D eigenvalue weighted by atomic mass is 9.99. The van der Waals surface area contributed by atoms with Gasteiger partial charge in [0.2, 0.25) is 0 Å². The molecule has 4 aromatic carbocycles. The highest BCUT2D eigenvalue weighted by atomic mass is 16.5. The van der Waals surface area contributed by atoms with Gasteiger partial charge < -0.3 is 29.9 Å². The SMILES string of the molecule is COc1c(O)cc(C(=O)c2ccccc2)c(O)c1C.COc1cc(O)c(C(=O)c2ccccc2)cc1O. The molecule has 8 nitrogen and oxygen atoms in total. The first-order valence-corrected chi connectivity index (χ1v) is 11.1. The standard InChI is InChI=1S/C15H14O4.C14H12O4/c1-9-13(17)11(8-12(16)15(9)19-2)14(18)10-6-4-3-5-7-10;1-18-13-8-11(15)10(7-12(13)16)14(17)9-5-3-2-4-6-9/h3-8,16-17H,1-2H3;2-8,15-16H,1H3. The second kappa shape index (κ2) is 11.6. The van der Waals surface area contributed by atoms with Crippen molar-refractivity contribution in [3.63, 3.8) is 0 Å². The Balaban J connectivity index is 0.000000206. The molecule has 37 heavy (non-hydrogen) atoms. The van der Waals surface area contributed by atoms with Gasteiger partial charge in [0.15, 0.2) is 34.6 Å². The molecule has 4 rings (SSSR count). The number of hydrogen-bond acceptors (Lipinski definition) is 8. The van der Waals surface area contributed by atoms with Crippen LogP contribution in [0.4, 0.5) is 0 Å². The number of methoxy groups -OCH3 is 2. The number of rotatable bonds is 6. The first-order valence-electron chi connectivity index (χ1n) is 11.1. The zero-order valence-electron chi connectivity index (χ0n) is 20.4. The van der Waals surface area contributed by atoms with Crippen LogP contribution in [0.1, 0.15) is 37.4 Å². The van der Waals surface area contributed by atoms with E-state index in [0.29, 0.717) is 16.7 Å².